The summed E-state index contributed by atoms with van der Waals surface area (Å²) < 4.78 is 5.70. The number of carbonyl (C=O) groups excluding carboxylic acids is 1. The lowest BCUT2D eigenvalue weighted by Gasteiger charge is -2.24. The molecule has 5 heteroatoms. The van der Waals surface area contributed by atoms with Crippen LogP contribution in [-0.4, -0.2) is 34.4 Å². The van der Waals surface area contributed by atoms with Crippen molar-refractivity contribution in [3.8, 4) is 0 Å². The Kier molecular flexibility index (Phi) is 4.63. The predicted molar refractivity (Wildman–Crippen MR) is 82.9 cm³/mol. The molecule has 1 aromatic heterocycles. The summed E-state index contributed by atoms with van der Waals surface area (Å²) in [6.45, 7) is 9.57. The third-order valence-corrected chi connectivity index (χ3v) is 3.03. The van der Waals surface area contributed by atoms with Crippen LogP contribution in [0.1, 0.15) is 33.6 Å². The minimum absolute atomic E-state index is 0.0143. The minimum atomic E-state index is -0.214. The Morgan fingerprint density at radius 3 is 2.67 bits per heavy atom. The first kappa shape index (κ1) is 15.5. The molecule has 0 aliphatic heterocycles. The highest BCUT2D eigenvalue weighted by Gasteiger charge is 2.17. The van der Waals surface area contributed by atoms with Gasteiger partial charge in [-0.25, -0.2) is 4.98 Å². The molecule has 2 rings (SSSR count). The van der Waals surface area contributed by atoms with Crippen LogP contribution >= 0.6 is 0 Å². The van der Waals surface area contributed by atoms with Gasteiger partial charge in [-0.05, 0) is 39.4 Å². The van der Waals surface area contributed by atoms with Crippen LogP contribution in [0, 0.1) is 0 Å². The second-order valence-corrected chi connectivity index (χ2v) is 6.18. The van der Waals surface area contributed by atoms with E-state index in [-0.39, 0.29) is 11.4 Å². The van der Waals surface area contributed by atoms with Gasteiger partial charge in [-0.3, -0.25) is 9.69 Å². The van der Waals surface area contributed by atoms with Crippen LogP contribution in [-0.2, 0) is 11.3 Å². The van der Waals surface area contributed by atoms with E-state index in [1.165, 1.54) is 0 Å². The summed E-state index contributed by atoms with van der Waals surface area (Å²) in [5, 5.41) is 2.96. The zero-order valence-electron chi connectivity index (χ0n) is 13.1. The van der Waals surface area contributed by atoms with Gasteiger partial charge < -0.3 is 9.73 Å². The molecule has 1 aromatic carbocycles. The van der Waals surface area contributed by atoms with Gasteiger partial charge in [0.15, 0.2) is 5.58 Å². The first-order valence-corrected chi connectivity index (χ1v) is 7.25. The summed E-state index contributed by atoms with van der Waals surface area (Å²) in [4.78, 5) is 18.4. The highest BCUT2D eigenvalue weighted by Crippen LogP contribution is 2.15. The van der Waals surface area contributed by atoms with Crippen molar-refractivity contribution in [3.05, 3.63) is 30.2 Å². The molecular formula is C16H23N3O2. The monoisotopic (exact) mass is 289 g/mol. The van der Waals surface area contributed by atoms with E-state index >= 15 is 0 Å². The Bertz CT molecular complexity index is 580. The number of hydrogen-bond acceptors (Lipinski definition) is 4. The fourth-order valence-electron chi connectivity index (χ4n) is 2.12. The standard InChI is InChI=1S/C16H23N3O2/c1-5-19(10-14(20)18-16(2,3)4)11-15-17-12-8-6-7-9-13(12)21-15/h6-9H,5,10-11H2,1-4H3,(H,18,20). The molecule has 5 nitrogen and oxygen atoms in total. The van der Waals surface area contributed by atoms with Gasteiger partial charge in [0.2, 0.25) is 11.8 Å². The molecule has 0 saturated carbocycles. The van der Waals surface area contributed by atoms with Crippen molar-refractivity contribution in [3.63, 3.8) is 0 Å². The van der Waals surface area contributed by atoms with E-state index in [1.807, 2.05) is 56.9 Å². The van der Waals surface area contributed by atoms with Crippen molar-refractivity contribution in [2.45, 2.75) is 39.8 Å². The smallest absolute Gasteiger partial charge is 0.234 e. The van der Waals surface area contributed by atoms with E-state index < -0.39 is 0 Å². The van der Waals surface area contributed by atoms with Crippen molar-refractivity contribution in [2.75, 3.05) is 13.1 Å². The number of para-hydroxylation sites is 2. The van der Waals surface area contributed by atoms with Crippen molar-refractivity contribution >= 4 is 17.0 Å². The lowest BCUT2D eigenvalue weighted by molar-refractivity contribution is -0.123. The summed E-state index contributed by atoms with van der Waals surface area (Å²) in [5.74, 6) is 0.655. The number of amides is 1. The van der Waals surface area contributed by atoms with Gasteiger partial charge in [0.25, 0.3) is 0 Å². The Morgan fingerprint density at radius 1 is 1.33 bits per heavy atom. The number of hydrogen-bond donors (Lipinski definition) is 1. The molecule has 0 aliphatic carbocycles. The second kappa shape index (κ2) is 6.26. The van der Waals surface area contributed by atoms with Crippen molar-refractivity contribution < 1.29 is 9.21 Å². The number of nitrogens with zero attached hydrogens (tertiary/aromatic N) is 2. The molecule has 0 spiro atoms. The molecule has 0 fully saturated rings. The molecule has 1 N–H and O–H groups in total. The molecular weight excluding hydrogens is 266 g/mol. The second-order valence-electron chi connectivity index (χ2n) is 6.18. The fraction of sp³-hybridized carbons (Fsp3) is 0.500. The van der Waals surface area contributed by atoms with Gasteiger partial charge >= 0.3 is 0 Å². The summed E-state index contributed by atoms with van der Waals surface area (Å²) in [7, 11) is 0. The summed E-state index contributed by atoms with van der Waals surface area (Å²) in [6.07, 6.45) is 0. The Labute approximate surface area is 125 Å². The summed E-state index contributed by atoms with van der Waals surface area (Å²) in [5.41, 5.74) is 1.42. The average molecular weight is 289 g/mol. The van der Waals surface area contributed by atoms with Crippen molar-refractivity contribution in [1.82, 2.24) is 15.2 Å². The zero-order chi connectivity index (χ0) is 15.5. The predicted octanol–water partition coefficient (Wildman–Crippen LogP) is 2.56. The number of benzene rings is 1. The molecule has 0 aliphatic rings. The maximum Gasteiger partial charge on any atom is 0.234 e. The molecule has 0 saturated heterocycles. The van der Waals surface area contributed by atoms with E-state index in [1.54, 1.807) is 0 Å². The van der Waals surface area contributed by atoms with E-state index in [4.69, 9.17) is 4.42 Å². The molecule has 0 radical (unpaired) electrons. The van der Waals surface area contributed by atoms with Gasteiger partial charge in [-0.1, -0.05) is 19.1 Å². The number of carbonyl (C=O) groups is 1. The molecule has 2 aromatic rings. The van der Waals surface area contributed by atoms with Crippen LogP contribution < -0.4 is 5.32 Å². The Balaban J connectivity index is 2.00. The summed E-state index contributed by atoms with van der Waals surface area (Å²) in [6, 6.07) is 7.67. The molecule has 1 amide bonds. The quantitative estimate of drug-likeness (QED) is 0.919. The number of oxazole rings is 1. The third kappa shape index (κ3) is 4.56. The zero-order valence-corrected chi connectivity index (χ0v) is 13.1. The number of likely N-dealkylation sites (N-methyl/N-ethyl adjacent to an activating group) is 1. The van der Waals surface area contributed by atoms with E-state index in [0.717, 1.165) is 17.6 Å². The average Bonchev–Trinajstić information content (AvgIpc) is 2.77. The van der Waals surface area contributed by atoms with E-state index in [2.05, 4.69) is 10.3 Å². The molecule has 0 bridgehead atoms. The maximum atomic E-state index is 12.0. The normalized spacial score (nSPS) is 12.0. The largest absolute Gasteiger partial charge is 0.439 e. The van der Waals surface area contributed by atoms with Gasteiger partial charge in [0.05, 0.1) is 13.1 Å². The highest BCUT2D eigenvalue weighted by molar-refractivity contribution is 5.78. The lowest BCUT2D eigenvalue weighted by atomic mass is 10.1. The van der Waals surface area contributed by atoms with Crippen LogP contribution in [0.25, 0.3) is 11.1 Å². The lowest BCUT2D eigenvalue weighted by Crippen LogP contribution is -2.45. The minimum Gasteiger partial charge on any atom is -0.439 e. The van der Waals surface area contributed by atoms with E-state index in [9.17, 15) is 4.79 Å². The van der Waals surface area contributed by atoms with Crippen LogP contribution in [0.4, 0.5) is 0 Å². The number of aromatic nitrogens is 1. The number of rotatable bonds is 5. The maximum absolute atomic E-state index is 12.0. The Hall–Kier alpha value is -1.88. The van der Waals surface area contributed by atoms with Crippen LogP contribution in [0.2, 0.25) is 0 Å². The van der Waals surface area contributed by atoms with Crippen LogP contribution in [0.15, 0.2) is 28.7 Å². The topological polar surface area (TPSA) is 58.4 Å². The molecule has 0 atom stereocenters. The van der Waals surface area contributed by atoms with Crippen LogP contribution in [0.5, 0.6) is 0 Å². The SMILES string of the molecule is CCN(CC(=O)NC(C)(C)C)Cc1nc2ccccc2o1. The first-order valence-electron chi connectivity index (χ1n) is 7.25. The number of nitrogens with one attached hydrogen (secondary N) is 1. The molecule has 0 unspecified atom stereocenters. The van der Waals surface area contributed by atoms with Gasteiger partial charge in [-0.15, -0.1) is 0 Å². The van der Waals surface area contributed by atoms with Crippen molar-refractivity contribution in [2.24, 2.45) is 0 Å². The van der Waals surface area contributed by atoms with Gasteiger partial charge in [0.1, 0.15) is 5.52 Å². The molecule has 114 valence electrons. The van der Waals surface area contributed by atoms with Gasteiger partial charge in [0, 0.05) is 5.54 Å². The van der Waals surface area contributed by atoms with Crippen molar-refractivity contribution in [1.29, 1.82) is 0 Å². The Morgan fingerprint density at radius 2 is 2.05 bits per heavy atom. The highest BCUT2D eigenvalue weighted by atomic mass is 16.3. The molecule has 1 heterocycles. The third-order valence-electron chi connectivity index (χ3n) is 3.03. The van der Waals surface area contributed by atoms with Gasteiger partial charge in [-0.2, -0.15) is 0 Å². The van der Waals surface area contributed by atoms with E-state index in [0.29, 0.717) is 19.0 Å². The first-order chi connectivity index (χ1) is 9.87. The summed E-state index contributed by atoms with van der Waals surface area (Å²) >= 11 is 0. The molecule has 21 heavy (non-hydrogen) atoms. The van der Waals surface area contributed by atoms with Crippen LogP contribution in [0.3, 0.4) is 0 Å². The number of fused-ring (bicyclic) bond motifs is 1. The fourth-order valence-corrected chi connectivity index (χ4v) is 2.12.